The van der Waals surface area contributed by atoms with Gasteiger partial charge in [-0.15, -0.1) is 4.91 Å². The van der Waals surface area contributed by atoms with Crippen molar-refractivity contribution in [2.75, 3.05) is 24.6 Å². The number of pyridine rings is 1. The van der Waals surface area contributed by atoms with E-state index in [0.29, 0.717) is 18.6 Å². The zero-order chi connectivity index (χ0) is 21.4. The summed E-state index contributed by atoms with van der Waals surface area (Å²) >= 11 is 0. The van der Waals surface area contributed by atoms with Gasteiger partial charge in [0.1, 0.15) is 11.3 Å². The molecule has 0 unspecified atom stereocenters. The number of hydrogen-bond acceptors (Lipinski definition) is 7. The van der Waals surface area contributed by atoms with E-state index in [1.165, 1.54) is 11.1 Å². The molecule has 2 atom stereocenters. The van der Waals surface area contributed by atoms with E-state index in [2.05, 4.69) is 15.5 Å². The van der Waals surface area contributed by atoms with E-state index >= 15 is 0 Å². The maximum absolute atomic E-state index is 13.6. The summed E-state index contributed by atoms with van der Waals surface area (Å²) in [5.41, 5.74) is 0.0150. The lowest BCUT2D eigenvalue weighted by atomic mass is 9.92. The van der Waals surface area contributed by atoms with Crippen molar-refractivity contribution < 1.29 is 27.4 Å². The van der Waals surface area contributed by atoms with Crippen molar-refractivity contribution in [1.29, 1.82) is 0 Å². The molecule has 2 aliphatic heterocycles. The number of nitroso groups, excluding NO2 is 1. The Hall–Kier alpha value is -2.59. The van der Waals surface area contributed by atoms with E-state index in [9.17, 15) is 22.9 Å². The maximum Gasteiger partial charge on any atom is 0.407 e. The van der Waals surface area contributed by atoms with E-state index in [1.54, 1.807) is 20.8 Å². The topological polar surface area (TPSA) is 93.1 Å². The minimum Gasteiger partial charge on any atom is -0.477 e. The molecule has 11 heteroatoms. The number of rotatable bonds is 3. The Labute approximate surface area is 165 Å². The molecule has 1 fully saturated rings. The number of hydrogen-bond donors (Lipinski definition) is 1. The summed E-state index contributed by atoms with van der Waals surface area (Å²) in [6.07, 6.45) is -3.93. The third kappa shape index (κ3) is 4.88. The molecule has 0 aliphatic carbocycles. The van der Waals surface area contributed by atoms with Gasteiger partial charge in [-0.25, -0.2) is 9.78 Å². The van der Waals surface area contributed by atoms with Gasteiger partial charge in [-0.1, -0.05) is 0 Å². The largest absolute Gasteiger partial charge is 0.477 e. The lowest BCUT2D eigenvalue weighted by Gasteiger charge is -2.40. The highest BCUT2D eigenvalue weighted by molar-refractivity contribution is 5.74. The molecule has 0 spiro atoms. The van der Waals surface area contributed by atoms with Crippen molar-refractivity contribution in [2.24, 2.45) is 11.1 Å². The molecule has 29 heavy (non-hydrogen) atoms. The number of amides is 1. The second-order valence-electron chi connectivity index (χ2n) is 8.19. The minimum absolute atomic E-state index is 0.0481. The van der Waals surface area contributed by atoms with Crippen LogP contribution in [-0.4, -0.2) is 48.6 Å². The molecule has 8 nitrogen and oxygen atoms in total. The van der Waals surface area contributed by atoms with Crippen LogP contribution in [0.3, 0.4) is 0 Å². The van der Waals surface area contributed by atoms with E-state index in [0.717, 1.165) is 0 Å². The maximum atomic E-state index is 13.6. The molecule has 0 radical (unpaired) electrons. The number of fused-ring (bicyclic) bond motifs is 1. The Morgan fingerprint density at radius 1 is 1.34 bits per heavy atom. The number of alkyl carbamates (subject to hydrolysis) is 1. The molecular formula is C18H23F3N4O4. The number of piperidine rings is 1. The number of nitrogens with zero attached hydrogens (tertiary/aromatic N) is 3. The number of ether oxygens (including phenoxy) is 2. The quantitative estimate of drug-likeness (QED) is 0.756. The number of aromatic nitrogens is 1. The van der Waals surface area contributed by atoms with Crippen molar-refractivity contribution in [3.63, 3.8) is 0 Å². The highest BCUT2D eigenvalue weighted by atomic mass is 19.4. The van der Waals surface area contributed by atoms with Crippen LogP contribution < -0.4 is 15.0 Å². The smallest absolute Gasteiger partial charge is 0.407 e. The SMILES string of the molecule is CC(C)(C)OC(=O)N[C@H]1C[C@@H](C(F)(F)F)CN(c2c(N=O)cnc3c2CCO3)C1. The van der Waals surface area contributed by atoms with E-state index in [4.69, 9.17) is 9.47 Å². The van der Waals surface area contributed by atoms with Gasteiger partial charge in [-0.3, -0.25) is 0 Å². The number of halogens is 3. The summed E-state index contributed by atoms with van der Waals surface area (Å²) in [5, 5.41) is 5.47. The molecule has 1 amide bonds. The second-order valence-corrected chi connectivity index (χ2v) is 8.19. The summed E-state index contributed by atoms with van der Waals surface area (Å²) < 4.78 is 51.3. The first-order chi connectivity index (χ1) is 13.5. The molecule has 0 saturated carbocycles. The predicted molar refractivity (Wildman–Crippen MR) is 98.4 cm³/mol. The number of carbonyl (C=O) groups excluding carboxylic acids is 1. The van der Waals surface area contributed by atoms with Crippen LogP contribution >= 0.6 is 0 Å². The lowest BCUT2D eigenvalue weighted by molar-refractivity contribution is -0.177. The van der Waals surface area contributed by atoms with Crippen LogP contribution in [0.15, 0.2) is 11.4 Å². The highest BCUT2D eigenvalue weighted by Crippen LogP contribution is 2.43. The van der Waals surface area contributed by atoms with Gasteiger partial charge < -0.3 is 19.7 Å². The Bertz CT molecular complexity index is 795. The van der Waals surface area contributed by atoms with Crippen LogP contribution in [0.4, 0.5) is 29.3 Å². The number of alkyl halides is 3. The molecule has 0 aromatic carbocycles. The summed E-state index contributed by atoms with van der Waals surface area (Å²) in [6.45, 7) is 5.05. The molecule has 1 aromatic rings. The van der Waals surface area contributed by atoms with Crippen molar-refractivity contribution in [3.8, 4) is 5.88 Å². The van der Waals surface area contributed by atoms with Gasteiger partial charge in [0.2, 0.25) is 5.88 Å². The van der Waals surface area contributed by atoms with Crippen LogP contribution in [0.1, 0.15) is 32.8 Å². The summed E-state index contributed by atoms with van der Waals surface area (Å²) in [7, 11) is 0. The van der Waals surface area contributed by atoms with Crippen LogP contribution in [0.25, 0.3) is 0 Å². The van der Waals surface area contributed by atoms with Gasteiger partial charge in [0.15, 0.2) is 0 Å². The molecule has 1 aromatic heterocycles. The molecule has 160 valence electrons. The third-order valence-corrected chi connectivity index (χ3v) is 4.73. The second kappa shape index (κ2) is 7.68. The predicted octanol–water partition coefficient (Wildman–Crippen LogP) is 3.70. The zero-order valence-corrected chi connectivity index (χ0v) is 16.4. The van der Waals surface area contributed by atoms with Crippen LogP contribution in [0.2, 0.25) is 0 Å². The normalized spacial score (nSPS) is 21.9. The molecule has 1 N–H and O–H groups in total. The number of anilines is 1. The molecule has 3 heterocycles. The van der Waals surface area contributed by atoms with Gasteiger partial charge >= 0.3 is 12.3 Å². The average molecular weight is 416 g/mol. The standard InChI is InChI=1S/C18H23F3N4O4/c1-17(2,3)29-16(26)23-11-6-10(18(19,20)21)8-25(9-11)14-12-4-5-28-15(12)22-7-13(14)24-27/h7,10-11H,4-6,8-9H2,1-3H3,(H,23,26)/t10-,11+/m1/s1. The van der Waals surface area contributed by atoms with Crippen molar-refractivity contribution in [3.05, 3.63) is 16.7 Å². The van der Waals surface area contributed by atoms with Gasteiger partial charge in [-0.05, 0) is 32.4 Å². The minimum atomic E-state index is -4.46. The van der Waals surface area contributed by atoms with Crippen LogP contribution in [0.5, 0.6) is 5.88 Å². The van der Waals surface area contributed by atoms with Crippen LogP contribution in [0, 0.1) is 10.8 Å². The van der Waals surface area contributed by atoms with E-state index < -0.39 is 29.8 Å². The van der Waals surface area contributed by atoms with Gasteiger partial charge in [0.05, 0.1) is 30.5 Å². The summed E-state index contributed by atoms with van der Waals surface area (Å²) in [6, 6.07) is -0.823. The molecule has 3 rings (SSSR count). The first-order valence-corrected chi connectivity index (χ1v) is 9.27. The average Bonchev–Trinajstić information content (AvgIpc) is 3.06. The fourth-order valence-electron chi connectivity index (χ4n) is 3.63. The number of carbonyl (C=O) groups is 1. The molecule has 0 bridgehead atoms. The Morgan fingerprint density at radius 2 is 2.07 bits per heavy atom. The highest BCUT2D eigenvalue weighted by Gasteiger charge is 2.46. The van der Waals surface area contributed by atoms with Gasteiger partial charge in [0, 0.05) is 25.1 Å². The Morgan fingerprint density at radius 3 is 2.69 bits per heavy atom. The van der Waals surface area contributed by atoms with Gasteiger partial charge in [0.25, 0.3) is 0 Å². The van der Waals surface area contributed by atoms with Crippen molar-refractivity contribution in [2.45, 2.75) is 51.4 Å². The Balaban J connectivity index is 1.90. The molecule has 1 saturated heterocycles. The summed E-state index contributed by atoms with van der Waals surface area (Å²) in [4.78, 5) is 28.8. The van der Waals surface area contributed by atoms with Crippen molar-refractivity contribution in [1.82, 2.24) is 10.3 Å². The van der Waals surface area contributed by atoms with Gasteiger partial charge in [-0.2, -0.15) is 13.2 Å². The lowest BCUT2D eigenvalue weighted by Crippen LogP contribution is -2.54. The Kier molecular flexibility index (Phi) is 5.59. The zero-order valence-electron chi connectivity index (χ0n) is 16.4. The fraction of sp³-hybridized carbons (Fsp3) is 0.667. The van der Waals surface area contributed by atoms with E-state index in [1.807, 2.05) is 0 Å². The fourth-order valence-corrected chi connectivity index (χ4v) is 3.63. The van der Waals surface area contributed by atoms with Crippen LogP contribution in [-0.2, 0) is 11.2 Å². The first kappa shape index (κ1) is 21.1. The molecular weight excluding hydrogens is 393 g/mol. The van der Waals surface area contributed by atoms with Crippen molar-refractivity contribution >= 4 is 17.5 Å². The third-order valence-electron chi connectivity index (χ3n) is 4.73. The number of nitrogens with one attached hydrogen (secondary N) is 1. The molecule has 2 aliphatic rings. The first-order valence-electron chi connectivity index (χ1n) is 9.27. The summed E-state index contributed by atoms with van der Waals surface area (Å²) in [5.74, 6) is -1.40. The monoisotopic (exact) mass is 416 g/mol. The van der Waals surface area contributed by atoms with E-state index in [-0.39, 0.29) is 36.8 Å².